The number of fused-ring (bicyclic) bond motifs is 1. The van der Waals surface area contributed by atoms with E-state index in [1.807, 2.05) is 6.07 Å². The highest BCUT2D eigenvalue weighted by Crippen LogP contribution is 2.40. The van der Waals surface area contributed by atoms with E-state index in [0.29, 0.717) is 33.2 Å². The molecule has 1 aliphatic rings. The number of nitrogens with zero attached hydrogens (tertiary/aromatic N) is 3. The molecule has 1 fully saturated rings. The lowest BCUT2D eigenvalue weighted by Gasteiger charge is -2.32. The first-order valence-electron chi connectivity index (χ1n) is 12.0. The number of benzene rings is 3. The molecule has 0 saturated heterocycles. The van der Waals surface area contributed by atoms with Crippen molar-refractivity contribution in [2.24, 2.45) is 5.92 Å². The molecular weight excluding hydrogens is 517 g/mol. The van der Waals surface area contributed by atoms with Crippen molar-refractivity contribution in [1.29, 1.82) is 5.26 Å². The Bertz CT molecular complexity index is 1520. The molecular formula is C28H22Cl2F2N4O. The standard InChI is InChI=1S/C28H22Cl2F2N4O/c29-19-9-7-18(8-10-19)27-34-24-13-21(31)22(32)14-25(24)36(27)26(17-4-2-1-3-5-17)28(37)35-23-11-6-16(15-33)12-20(23)30/h6-14,17,26H,1-5H2,(H,35,37). The molecule has 5 rings (SSSR count). The second-order valence-corrected chi connectivity index (χ2v) is 10.0. The number of nitrogens with one attached hydrogen (secondary N) is 1. The van der Waals surface area contributed by atoms with E-state index in [0.717, 1.165) is 44.2 Å². The maximum atomic E-state index is 14.5. The smallest absolute Gasteiger partial charge is 0.247 e. The number of imidazole rings is 1. The molecule has 1 aromatic heterocycles. The zero-order chi connectivity index (χ0) is 26.1. The van der Waals surface area contributed by atoms with Gasteiger partial charge >= 0.3 is 0 Å². The highest BCUT2D eigenvalue weighted by Gasteiger charge is 2.35. The lowest BCUT2D eigenvalue weighted by Crippen LogP contribution is -2.33. The molecule has 5 nitrogen and oxygen atoms in total. The number of hydrogen-bond donors (Lipinski definition) is 1. The summed E-state index contributed by atoms with van der Waals surface area (Å²) < 4.78 is 30.4. The van der Waals surface area contributed by atoms with Gasteiger partial charge in [-0.05, 0) is 61.2 Å². The van der Waals surface area contributed by atoms with Gasteiger partial charge in [-0.25, -0.2) is 13.8 Å². The topological polar surface area (TPSA) is 70.7 Å². The predicted molar refractivity (Wildman–Crippen MR) is 141 cm³/mol. The van der Waals surface area contributed by atoms with Crippen molar-refractivity contribution >= 4 is 45.8 Å². The SMILES string of the molecule is N#Cc1ccc(NC(=O)C(C2CCCCC2)n2c(-c3ccc(Cl)cc3)nc3cc(F)c(F)cc32)c(Cl)c1. The number of nitriles is 1. The van der Waals surface area contributed by atoms with Gasteiger partial charge in [0.2, 0.25) is 5.91 Å². The van der Waals surface area contributed by atoms with Crippen molar-refractivity contribution in [3.05, 3.63) is 81.8 Å². The van der Waals surface area contributed by atoms with Gasteiger partial charge in [-0.1, -0.05) is 42.5 Å². The van der Waals surface area contributed by atoms with Crippen LogP contribution in [0, 0.1) is 28.9 Å². The maximum absolute atomic E-state index is 14.5. The number of amides is 1. The molecule has 0 aliphatic heterocycles. The van der Waals surface area contributed by atoms with Crippen molar-refractivity contribution in [1.82, 2.24) is 9.55 Å². The molecule has 3 aromatic carbocycles. The fraction of sp³-hybridized carbons (Fsp3) is 0.250. The molecule has 37 heavy (non-hydrogen) atoms. The number of aromatic nitrogens is 2. The number of halogens is 4. The van der Waals surface area contributed by atoms with Crippen LogP contribution in [0.5, 0.6) is 0 Å². The molecule has 1 N–H and O–H groups in total. The highest BCUT2D eigenvalue weighted by atomic mass is 35.5. The predicted octanol–water partition coefficient (Wildman–Crippen LogP) is 7.92. The van der Waals surface area contributed by atoms with Gasteiger partial charge in [0.05, 0.1) is 33.4 Å². The molecule has 0 spiro atoms. The Morgan fingerprint density at radius 1 is 1.03 bits per heavy atom. The molecule has 188 valence electrons. The van der Waals surface area contributed by atoms with Crippen LogP contribution < -0.4 is 5.32 Å². The van der Waals surface area contributed by atoms with Gasteiger partial charge in [0.1, 0.15) is 11.9 Å². The van der Waals surface area contributed by atoms with Crippen LogP contribution in [-0.4, -0.2) is 15.5 Å². The molecule has 1 heterocycles. The fourth-order valence-electron chi connectivity index (χ4n) is 5.06. The van der Waals surface area contributed by atoms with Crippen molar-refractivity contribution in [3.8, 4) is 17.5 Å². The van der Waals surface area contributed by atoms with Crippen LogP contribution in [0.3, 0.4) is 0 Å². The fourth-order valence-corrected chi connectivity index (χ4v) is 5.41. The third-order valence-corrected chi connectivity index (χ3v) is 7.40. The molecule has 0 bridgehead atoms. The lowest BCUT2D eigenvalue weighted by atomic mass is 9.83. The lowest BCUT2D eigenvalue weighted by molar-refractivity contribution is -0.121. The molecule has 1 amide bonds. The van der Waals surface area contributed by atoms with E-state index in [9.17, 15) is 13.6 Å². The average Bonchev–Trinajstić information content (AvgIpc) is 3.24. The monoisotopic (exact) mass is 538 g/mol. The van der Waals surface area contributed by atoms with Crippen LogP contribution in [0.15, 0.2) is 54.6 Å². The first-order chi connectivity index (χ1) is 17.9. The molecule has 4 aromatic rings. The van der Waals surface area contributed by atoms with E-state index in [-0.39, 0.29) is 22.4 Å². The first-order valence-corrected chi connectivity index (χ1v) is 12.7. The minimum absolute atomic E-state index is 0.0672. The largest absolute Gasteiger partial charge is 0.323 e. The van der Waals surface area contributed by atoms with E-state index in [1.54, 1.807) is 41.0 Å². The number of rotatable bonds is 5. The van der Waals surface area contributed by atoms with E-state index in [4.69, 9.17) is 28.5 Å². The summed E-state index contributed by atoms with van der Waals surface area (Å²) in [6.45, 7) is 0. The van der Waals surface area contributed by atoms with E-state index >= 15 is 0 Å². The first kappa shape index (κ1) is 25.2. The van der Waals surface area contributed by atoms with E-state index in [2.05, 4.69) is 10.3 Å². The highest BCUT2D eigenvalue weighted by molar-refractivity contribution is 6.33. The number of hydrogen-bond acceptors (Lipinski definition) is 3. The minimum Gasteiger partial charge on any atom is -0.323 e. The summed E-state index contributed by atoms with van der Waals surface area (Å²) in [4.78, 5) is 18.6. The Kier molecular flexibility index (Phi) is 7.14. The summed E-state index contributed by atoms with van der Waals surface area (Å²) in [5.74, 6) is -2.04. The van der Waals surface area contributed by atoms with Crippen molar-refractivity contribution in [2.75, 3.05) is 5.32 Å². The Hall–Kier alpha value is -3.47. The van der Waals surface area contributed by atoms with Crippen molar-refractivity contribution in [3.63, 3.8) is 0 Å². The summed E-state index contributed by atoms with van der Waals surface area (Å²) >= 11 is 12.5. The summed E-state index contributed by atoms with van der Waals surface area (Å²) in [6.07, 6.45) is 4.57. The Balaban J connectivity index is 1.68. The molecule has 0 radical (unpaired) electrons. The van der Waals surface area contributed by atoms with Gasteiger partial charge in [-0.15, -0.1) is 0 Å². The van der Waals surface area contributed by atoms with Gasteiger partial charge < -0.3 is 9.88 Å². The molecule has 1 saturated carbocycles. The van der Waals surface area contributed by atoms with Crippen molar-refractivity contribution in [2.45, 2.75) is 38.1 Å². The van der Waals surface area contributed by atoms with Crippen LogP contribution in [-0.2, 0) is 4.79 Å². The zero-order valence-electron chi connectivity index (χ0n) is 19.6. The number of carbonyl (C=O) groups is 1. The van der Waals surface area contributed by atoms with Crippen LogP contribution >= 0.6 is 23.2 Å². The van der Waals surface area contributed by atoms with Crippen LogP contribution in [0.25, 0.3) is 22.4 Å². The maximum Gasteiger partial charge on any atom is 0.247 e. The summed E-state index contributed by atoms with van der Waals surface area (Å²) in [7, 11) is 0. The molecule has 1 unspecified atom stereocenters. The summed E-state index contributed by atoms with van der Waals surface area (Å²) in [5.41, 5.74) is 1.96. The quantitative estimate of drug-likeness (QED) is 0.280. The van der Waals surface area contributed by atoms with Gasteiger partial charge in [-0.3, -0.25) is 4.79 Å². The van der Waals surface area contributed by atoms with Gasteiger partial charge in [0, 0.05) is 22.7 Å². The molecule has 1 aliphatic carbocycles. The minimum atomic E-state index is -1.02. The third kappa shape index (κ3) is 5.04. The Morgan fingerprint density at radius 3 is 2.41 bits per heavy atom. The normalized spacial score (nSPS) is 14.9. The second-order valence-electron chi connectivity index (χ2n) is 9.21. The van der Waals surface area contributed by atoms with Crippen LogP contribution in [0.2, 0.25) is 10.0 Å². The Labute approximate surface area is 222 Å². The van der Waals surface area contributed by atoms with Crippen molar-refractivity contribution < 1.29 is 13.6 Å². The van der Waals surface area contributed by atoms with Gasteiger partial charge in [0.25, 0.3) is 0 Å². The third-order valence-electron chi connectivity index (χ3n) is 6.83. The summed E-state index contributed by atoms with van der Waals surface area (Å²) in [5, 5.41) is 12.8. The zero-order valence-corrected chi connectivity index (χ0v) is 21.2. The van der Waals surface area contributed by atoms with Gasteiger partial charge in [-0.2, -0.15) is 5.26 Å². The van der Waals surface area contributed by atoms with E-state index < -0.39 is 17.7 Å². The average molecular weight is 539 g/mol. The number of anilines is 1. The second kappa shape index (κ2) is 10.5. The number of carbonyl (C=O) groups excluding carboxylic acids is 1. The summed E-state index contributed by atoms with van der Waals surface area (Å²) in [6, 6.07) is 15.0. The van der Waals surface area contributed by atoms with E-state index in [1.165, 1.54) is 6.07 Å². The Morgan fingerprint density at radius 2 is 1.73 bits per heavy atom. The van der Waals surface area contributed by atoms with Gasteiger partial charge in [0.15, 0.2) is 11.6 Å². The molecule has 1 atom stereocenters. The van der Waals surface area contributed by atoms with Crippen LogP contribution in [0.1, 0.15) is 43.7 Å². The van der Waals surface area contributed by atoms with Crippen LogP contribution in [0.4, 0.5) is 14.5 Å². The molecule has 9 heteroatoms.